The number of fused-ring (bicyclic) bond motifs is 1. The van der Waals surface area contributed by atoms with E-state index in [0.29, 0.717) is 18.5 Å². The van der Waals surface area contributed by atoms with Crippen molar-refractivity contribution in [2.45, 2.75) is 103 Å². The molecular weight excluding hydrogens is 497 g/mol. The zero-order valence-corrected chi connectivity index (χ0v) is 23.2. The number of ketones is 1. The maximum Gasteiger partial charge on any atom is 0.309 e. The Bertz CT molecular complexity index is 1020. The lowest BCUT2D eigenvalue weighted by molar-refractivity contribution is -0.155. The monoisotopic (exact) mass is 537 g/mol. The number of esters is 1. The molecule has 1 aromatic heterocycles. The summed E-state index contributed by atoms with van der Waals surface area (Å²) in [5.74, 6) is -2.75. The number of halogens is 1. The topological polar surface area (TPSA) is 109 Å². The number of nitrogens with zero attached hydrogens (tertiary/aromatic N) is 1. The Labute approximate surface area is 222 Å². The number of hydrogen-bond acceptors (Lipinski definition) is 8. The van der Waals surface area contributed by atoms with Crippen molar-refractivity contribution >= 4 is 29.2 Å². The fraction of sp³-hybridized carbons (Fsp3) is 0.679. The summed E-state index contributed by atoms with van der Waals surface area (Å²) < 4.78 is 26.8. The smallest absolute Gasteiger partial charge is 0.309 e. The average molecular weight is 538 g/mol. The number of rotatable bonds is 4. The Balaban J connectivity index is 1.88. The summed E-state index contributed by atoms with van der Waals surface area (Å²) in [7, 11) is 0. The van der Waals surface area contributed by atoms with Crippen LogP contribution in [-0.4, -0.2) is 57.0 Å². The van der Waals surface area contributed by atoms with Gasteiger partial charge in [-0.25, -0.2) is 9.37 Å². The Morgan fingerprint density at radius 3 is 2.65 bits per heavy atom. The molecule has 7 nitrogen and oxygen atoms in total. The number of allylic oxidation sites excluding steroid dienone is 1. The van der Waals surface area contributed by atoms with E-state index in [9.17, 15) is 19.8 Å². The first-order valence-electron chi connectivity index (χ1n) is 13.0. The molecule has 0 saturated carbocycles. The highest BCUT2D eigenvalue weighted by Gasteiger charge is 2.53. The molecule has 2 N–H and O–H groups in total. The maximum atomic E-state index is 15.3. The van der Waals surface area contributed by atoms with Crippen LogP contribution in [0.4, 0.5) is 4.39 Å². The van der Waals surface area contributed by atoms with Gasteiger partial charge in [0.15, 0.2) is 6.10 Å². The van der Waals surface area contributed by atoms with Crippen molar-refractivity contribution in [3.63, 3.8) is 0 Å². The van der Waals surface area contributed by atoms with Crippen molar-refractivity contribution in [1.82, 2.24) is 4.98 Å². The van der Waals surface area contributed by atoms with E-state index >= 15 is 4.39 Å². The van der Waals surface area contributed by atoms with Crippen molar-refractivity contribution in [1.29, 1.82) is 0 Å². The van der Waals surface area contributed by atoms with Crippen LogP contribution >= 0.6 is 11.3 Å². The minimum absolute atomic E-state index is 0.131. The van der Waals surface area contributed by atoms with Crippen LogP contribution in [0, 0.1) is 24.2 Å². The van der Waals surface area contributed by atoms with Gasteiger partial charge in [0.1, 0.15) is 11.6 Å². The van der Waals surface area contributed by atoms with Crippen molar-refractivity contribution in [2.75, 3.05) is 0 Å². The van der Waals surface area contributed by atoms with E-state index in [1.165, 1.54) is 17.4 Å². The molecule has 3 heterocycles. The van der Waals surface area contributed by atoms with Crippen LogP contribution in [0.2, 0.25) is 0 Å². The van der Waals surface area contributed by atoms with Crippen molar-refractivity contribution in [2.24, 2.45) is 17.3 Å². The molecule has 2 unspecified atom stereocenters. The third-order valence-corrected chi connectivity index (χ3v) is 8.67. The Morgan fingerprint density at radius 1 is 1.32 bits per heavy atom. The molecule has 206 valence electrons. The summed E-state index contributed by atoms with van der Waals surface area (Å²) in [5.41, 5.74) is -1.39. The lowest BCUT2D eigenvalue weighted by Crippen LogP contribution is -2.46. The normalized spacial score (nSPS) is 35.9. The fourth-order valence-corrected chi connectivity index (χ4v) is 5.66. The van der Waals surface area contributed by atoms with E-state index in [2.05, 4.69) is 11.6 Å². The lowest BCUT2D eigenvalue weighted by atomic mass is 9.71. The van der Waals surface area contributed by atoms with Gasteiger partial charge in [-0.15, -0.1) is 17.9 Å². The number of carbonyl (C=O) groups excluding carboxylic acids is 2. The number of carbonyl (C=O) groups is 2. The highest BCUT2D eigenvalue weighted by atomic mass is 32.1. The molecule has 2 fully saturated rings. The molecule has 0 spiro atoms. The van der Waals surface area contributed by atoms with Gasteiger partial charge >= 0.3 is 5.97 Å². The van der Waals surface area contributed by atoms with E-state index in [1.54, 1.807) is 25.3 Å². The van der Waals surface area contributed by atoms with Crippen LogP contribution in [0.5, 0.6) is 0 Å². The highest BCUT2D eigenvalue weighted by Crippen LogP contribution is 2.45. The van der Waals surface area contributed by atoms with Gasteiger partial charge in [-0.3, -0.25) is 9.59 Å². The molecular formula is C28H40FNO6S. The van der Waals surface area contributed by atoms with E-state index in [4.69, 9.17) is 9.47 Å². The third kappa shape index (κ3) is 7.13. The zero-order valence-electron chi connectivity index (χ0n) is 22.4. The van der Waals surface area contributed by atoms with Gasteiger partial charge in [-0.05, 0) is 45.1 Å². The fourth-order valence-electron chi connectivity index (χ4n) is 5.09. The maximum absolute atomic E-state index is 15.3. The molecule has 0 aromatic carbocycles. The Hall–Kier alpha value is -1.94. The second kappa shape index (κ2) is 11.8. The molecule has 37 heavy (non-hydrogen) atoms. The average Bonchev–Trinajstić information content (AvgIpc) is 3.27. The minimum Gasteiger partial charge on any atom is -0.455 e. The molecule has 2 aliphatic heterocycles. The number of cyclic esters (lactones) is 1. The number of ether oxygens (including phenoxy) is 2. The van der Waals surface area contributed by atoms with Gasteiger partial charge in [0.2, 0.25) is 0 Å². The van der Waals surface area contributed by atoms with Gasteiger partial charge < -0.3 is 19.7 Å². The first kappa shape index (κ1) is 29.6. The zero-order chi connectivity index (χ0) is 27.5. The van der Waals surface area contributed by atoms with Crippen LogP contribution in [0.15, 0.2) is 23.9 Å². The largest absolute Gasteiger partial charge is 0.455 e. The number of aryl methyl sites for hydroxylation is 1. The van der Waals surface area contributed by atoms with E-state index in [0.717, 1.165) is 11.4 Å². The second-order valence-electron chi connectivity index (χ2n) is 11.3. The van der Waals surface area contributed by atoms with Gasteiger partial charge in [0, 0.05) is 17.7 Å². The quantitative estimate of drug-likeness (QED) is 0.318. The standard InChI is InChI=1S/C28H40FNO6S/c1-7-9-19-25(33)16(2)10-8-11-28(6)23(36-28)13-21(20(29)12-18-15-37-17(3)30-18)35-24(32)14-22(31)27(4,5)26(19)34/h7,12,15-16,19,21-23,25,31,33H,1,8-11,13-14H2,2-6H3/b20-12-/t16-,19+,21-,22-,23?,25-,28?/m0/s1. The molecule has 9 heteroatoms. The molecule has 7 atom stereocenters. The molecule has 0 bridgehead atoms. The predicted octanol–water partition coefficient (Wildman–Crippen LogP) is 4.94. The number of thiazole rings is 1. The molecule has 3 rings (SSSR count). The molecule has 0 aliphatic carbocycles. The molecule has 0 amide bonds. The Kier molecular flexibility index (Phi) is 9.48. The van der Waals surface area contributed by atoms with Crippen LogP contribution in [0.3, 0.4) is 0 Å². The van der Waals surface area contributed by atoms with Gasteiger partial charge in [0.25, 0.3) is 0 Å². The predicted molar refractivity (Wildman–Crippen MR) is 140 cm³/mol. The molecule has 0 radical (unpaired) electrons. The van der Waals surface area contributed by atoms with E-state index in [1.807, 2.05) is 20.8 Å². The molecule has 2 aliphatic rings. The Morgan fingerprint density at radius 2 is 2.03 bits per heavy atom. The lowest BCUT2D eigenvalue weighted by Gasteiger charge is -2.35. The highest BCUT2D eigenvalue weighted by molar-refractivity contribution is 7.09. The summed E-state index contributed by atoms with van der Waals surface area (Å²) in [6, 6.07) is 0. The summed E-state index contributed by atoms with van der Waals surface area (Å²) >= 11 is 1.39. The number of aromatic nitrogens is 1. The van der Waals surface area contributed by atoms with Crippen molar-refractivity contribution in [3.8, 4) is 0 Å². The number of hydrogen-bond donors (Lipinski definition) is 2. The SMILES string of the molecule is C=CC[C@H]1C(=O)C(C)(C)[C@@H](O)CC(=O)O[C@H](/C(F)=C/c2csc(C)n2)CC2OC2(C)CCC[C@H](C)[C@@H]1O. The first-order valence-corrected chi connectivity index (χ1v) is 13.8. The van der Waals surface area contributed by atoms with E-state index < -0.39 is 53.5 Å². The number of aliphatic hydroxyl groups is 2. The third-order valence-electron chi connectivity index (χ3n) is 7.88. The number of epoxide rings is 1. The second-order valence-corrected chi connectivity index (χ2v) is 12.3. The van der Waals surface area contributed by atoms with Crippen LogP contribution in [0.25, 0.3) is 6.08 Å². The van der Waals surface area contributed by atoms with Gasteiger partial charge in [-0.2, -0.15) is 0 Å². The minimum atomic E-state index is -1.38. The molecule has 1 aromatic rings. The van der Waals surface area contributed by atoms with Crippen LogP contribution in [-0.2, 0) is 19.1 Å². The van der Waals surface area contributed by atoms with Gasteiger partial charge in [0.05, 0.1) is 46.5 Å². The summed E-state index contributed by atoms with van der Waals surface area (Å²) in [6.07, 6.45) is 1.04. The van der Waals surface area contributed by atoms with Crippen molar-refractivity contribution < 1.29 is 33.7 Å². The summed E-state index contributed by atoms with van der Waals surface area (Å²) in [6.45, 7) is 12.5. The number of Topliss-reactive ketones (excluding diaryl/α,β-unsaturated/α-hetero) is 1. The van der Waals surface area contributed by atoms with Crippen LogP contribution < -0.4 is 0 Å². The summed E-state index contributed by atoms with van der Waals surface area (Å²) in [4.78, 5) is 30.6. The van der Waals surface area contributed by atoms with Crippen molar-refractivity contribution in [3.05, 3.63) is 34.6 Å². The number of aliphatic hydroxyl groups excluding tert-OH is 2. The van der Waals surface area contributed by atoms with Crippen LogP contribution in [0.1, 0.15) is 76.9 Å². The van der Waals surface area contributed by atoms with E-state index in [-0.39, 0.29) is 30.6 Å². The van der Waals surface area contributed by atoms with Gasteiger partial charge in [-0.1, -0.05) is 33.3 Å². The summed E-state index contributed by atoms with van der Waals surface area (Å²) in [5, 5.41) is 24.5. The first-order chi connectivity index (χ1) is 17.3. The molecule has 2 saturated heterocycles.